The Bertz CT molecular complexity index is 339. The average molecular weight is 234 g/mol. The third-order valence-corrected chi connectivity index (χ3v) is 3.05. The van der Waals surface area contributed by atoms with E-state index in [1.54, 1.807) is 0 Å². The number of aromatic nitrogens is 1. The van der Waals surface area contributed by atoms with Gasteiger partial charge < -0.3 is 15.1 Å². The molecule has 1 aromatic heterocycles. The minimum Gasteiger partial charge on any atom is -0.368 e. The fourth-order valence-electron chi connectivity index (χ4n) is 2.02. The molecule has 0 spiro atoms. The Morgan fingerprint density at radius 1 is 1.18 bits per heavy atom. The number of hydrogen-bond acceptors (Lipinski definition) is 4. The van der Waals surface area contributed by atoms with Crippen LogP contribution in [0.15, 0.2) is 18.3 Å². The van der Waals surface area contributed by atoms with Gasteiger partial charge in [0.25, 0.3) is 0 Å². The molecule has 0 bridgehead atoms. The summed E-state index contributed by atoms with van der Waals surface area (Å²) >= 11 is 0. The summed E-state index contributed by atoms with van der Waals surface area (Å²) < 4.78 is 0. The van der Waals surface area contributed by atoms with Crippen molar-refractivity contribution in [2.24, 2.45) is 0 Å². The monoisotopic (exact) mass is 234 g/mol. The van der Waals surface area contributed by atoms with Crippen LogP contribution in [-0.4, -0.2) is 49.2 Å². The maximum Gasteiger partial charge on any atom is 0.126 e. The van der Waals surface area contributed by atoms with E-state index in [0.717, 1.165) is 32.0 Å². The van der Waals surface area contributed by atoms with Crippen LogP contribution in [0, 0.1) is 0 Å². The molecule has 4 heteroatoms. The van der Waals surface area contributed by atoms with Gasteiger partial charge in [-0.05, 0) is 33.0 Å². The molecule has 1 aromatic rings. The number of anilines is 2. The maximum absolute atomic E-state index is 4.45. The fourth-order valence-corrected chi connectivity index (χ4v) is 2.02. The van der Waals surface area contributed by atoms with Gasteiger partial charge in [0, 0.05) is 32.2 Å². The first-order valence-corrected chi connectivity index (χ1v) is 6.31. The van der Waals surface area contributed by atoms with Gasteiger partial charge in [0.2, 0.25) is 0 Å². The second kappa shape index (κ2) is 5.36. The van der Waals surface area contributed by atoms with Crippen LogP contribution in [0.2, 0.25) is 0 Å². The molecule has 2 heterocycles. The predicted octanol–water partition coefficient (Wildman–Crippen LogP) is 1.65. The van der Waals surface area contributed by atoms with E-state index in [0.29, 0.717) is 6.04 Å². The van der Waals surface area contributed by atoms with E-state index in [1.165, 1.54) is 5.69 Å². The van der Waals surface area contributed by atoms with Crippen molar-refractivity contribution in [1.29, 1.82) is 0 Å². The Labute approximate surface area is 104 Å². The molecule has 0 aliphatic carbocycles. The standard InChI is InChI=1S/C13H22N4/c1-11(2)15-13-5-4-12(10-14-13)17-8-6-16(3)7-9-17/h4-5,10-11H,6-9H2,1-3H3,(H,14,15). The Morgan fingerprint density at radius 2 is 1.88 bits per heavy atom. The SMILES string of the molecule is CC(C)Nc1ccc(N2CCN(C)CC2)cn1. The van der Waals surface area contributed by atoms with Gasteiger partial charge in [0.1, 0.15) is 5.82 Å². The van der Waals surface area contributed by atoms with Gasteiger partial charge >= 0.3 is 0 Å². The zero-order valence-electron chi connectivity index (χ0n) is 11.0. The molecule has 0 atom stereocenters. The molecule has 94 valence electrons. The predicted molar refractivity (Wildman–Crippen MR) is 72.7 cm³/mol. The Morgan fingerprint density at radius 3 is 2.41 bits per heavy atom. The second-order valence-electron chi connectivity index (χ2n) is 4.99. The molecule has 1 N–H and O–H groups in total. The van der Waals surface area contributed by atoms with Gasteiger partial charge in [-0.15, -0.1) is 0 Å². The van der Waals surface area contributed by atoms with Crippen LogP contribution >= 0.6 is 0 Å². The molecule has 1 saturated heterocycles. The highest BCUT2D eigenvalue weighted by Crippen LogP contribution is 2.17. The largest absolute Gasteiger partial charge is 0.368 e. The van der Waals surface area contributed by atoms with E-state index < -0.39 is 0 Å². The van der Waals surface area contributed by atoms with Crippen molar-refractivity contribution in [2.75, 3.05) is 43.4 Å². The molecule has 0 saturated carbocycles. The summed E-state index contributed by atoms with van der Waals surface area (Å²) in [6.07, 6.45) is 1.97. The lowest BCUT2D eigenvalue weighted by Crippen LogP contribution is -2.44. The van der Waals surface area contributed by atoms with E-state index in [2.05, 4.69) is 53.1 Å². The summed E-state index contributed by atoms with van der Waals surface area (Å²) in [6, 6.07) is 4.65. The third-order valence-electron chi connectivity index (χ3n) is 3.05. The van der Waals surface area contributed by atoms with Crippen LogP contribution in [0.25, 0.3) is 0 Å². The quantitative estimate of drug-likeness (QED) is 0.862. The third kappa shape index (κ3) is 3.33. The van der Waals surface area contributed by atoms with Crippen molar-refractivity contribution in [2.45, 2.75) is 19.9 Å². The summed E-state index contributed by atoms with van der Waals surface area (Å²) in [4.78, 5) is 9.20. The van der Waals surface area contributed by atoms with E-state index in [1.807, 2.05) is 6.20 Å². The number of rotatable bonds is 3. The molecular weight excluding hydrogens is 212 g/mol. The lowest BCUT2D eigenvalue weighted by molar-refractivity contribution is 0.313. The van der Waals surface area contributed by atoms with Gasteiger partial charge in [0.05, 0.1) is 11.9 Å². The number of nitrogens with zero attached hydrogens (tertiary/aromatic N) is 3. The summed E-state index contributed by atoms with van der Waals surface area (Å²) in [5.41, 5.74) is 1.23. The molecular formula is C13H22N4. The maximum atomic E-state index is 4.45. The summed E-state index contributed by atoms with van der Waals surface area (Å²) in [5, 5.41) is 3.30. The number of hydrogen-bond donors (Lipinski definition) is 1. The highest BCUT2D eigenvalue weighted by atomic mass is 15.2. The van der Waals surface area contributed by atoms with Crippen molar-refractivity contribution < 1.29 is 0 Å². The van der Waals surface area contributed by atoms with Crippen molar-refractivity contribution >= 4 is 11.5 Å². The molecule has 0 aromatic carbocycles. The summed E-state index contributed by atoms with van der Waals surface area (Å²) in [7, 11) is 2.17. The van der Waals surface area contributed by atoms with Crippen LogP contribution in [0.3, 0.4) is 0 Å². The lowest BCUT2D eigenvalue weighted by Gasteiger charge is -2.33. The lowest BCUT2D eigenvalue weighted by atomic mass is 10.3. The molecule has 2 rings (SSSR count). The van der Waals surface area contributed by atoms with Crippen molar-refractivity contribution in [3.8, 4) is 0 Å². The summed E-state index contributed by atoms with van der Waals surface area (Å²) in [6.45, 7) is 8.69. The molecule has 0 radical (unpaired) electrons. The van der Waals surface area contributed by atoms with Gasteiger partial charge in [-0.1, -0.05) is 0 Å². The van der Waals surface area contributed by atoms with Gasteiger partial charge in [-0.2, -0.15) is 0 Å². The van der Waals surface area contributed by atoms with Crippen LogP contribution in [0.4, 0.5) is 11.5 Å². The number of likely N-dealkylation sites (N-methyl/N-ethyl adjacent to an activating group) is 1. The number of nitrogens with one attached hydrogen (secondary N) is 1. The Kier molecular flexibility index (Phi) is 3.84. The first kappa shape index (κ1) is 12.2. The highest BCUT2D eigenvalue weighted by molar-refractivity contribution is 5.50. The first-order valence-electron chi connectivity index (χ1n) is 6.31. The number of piperazine rings is 1. The summed E-state index contributed by atoms with van der Waals surface area (Å²) in [5.74, 6) is 0.956. The molecule has 1 fully saturated rings. The normalized spacial score (nSPS) is 17.5. The molecule has 0 unspecified atom stereocenters. The fraction of sp³-hybridized carbons (Fsp3) is 0.615. The van der Waals surface area contributed by atoms with Gasteiger partial charge in [-0.3, -0.25) is 0 Å². The van der Waals surface area contributed by atoms with Crippen molar-refractivity contribution in [1.82, 2.24) is 9.88 Å². The van der Waals surface area contributed by atoms with Crippen molar-refractivity contribution in [3.63, 3.8) is 0 Å². The van der Waals surface area contributed by atoms with E-state index in [4.69, 9.17) is 0 Å². The van der Waals surface area contributed by atoms with Crippen molar-refractivity contribution in [3.05, 3.63) is 18.3 Å². The zero-order valence-corrected chi connectivity index (χ0v) is 11.0. The Balaban J connectivity index is 1.97. The van der Waals surface area contributed by atoms with E-state index in [9.17, 15) is 0 Å². The molecule has 4 nitrogen and oxygen atoms in total. The molecule has 0 amide bonds. The molecule has 1 aliphatic heterocycles. The highest BCUT2D eigenvalue weighted by Gasteiger charge is 2.14. The number of pyridine rings is 1. The topological polar surface area (TPSA) is 31.4 Å². The smallest absolute Gasteiger partial charge is 0.126 e. The average Bonchev–Trinajstić information content (AvgIpc) is 2.30. The van der Waals surface area contributed by atoms with Gasteiger partial charge in [0.15, 0.2) is 0 Å². The van der Waals surface area contributed by atoms with E-state index in [-0.39, 0.29) is 0 Å². The molecule has 17 heavy (non-hydrogen) atoms. The van der Waals surface area contributed by atoms with Crippen LogP contribution in [-0.2, 0) is 0 Å². The first-order chi connectivity index (χ1) is 8.15. The molecule has 1 aliphatic rings. The van der Waals surface area contributed by atoms with Crippen LogP contribution in [0.1, 0.15) is 13.8 Å². The minimum absolute atomic E-state index is 0.428. The Hall–Kier alpha value is -1.29. The second-order valence-corrected chi connectivity index (χ2v) is 4.99. The zero-order chi connectivity index (χ0) is 12.3. The van der Waals surface area contributed by atoms with Crippen LogP contribution in [0.5, 0.6) is 0 Å². The van der Waals surface area contributed by atoms with Crippen LogP contribution < -0.4 is 10.2 Å². The van der Waals surface area contributed by atoms with Gasteiger partial charge in [-0.25, -0.2) is 4.98 Å². The van der Waals surface area contributed by atoms with E-state index >= 15 is 0 Å². The minimum atomic E-state index is 0.428.